The largest absolute Gasteiger partial charge is 0.423 e. The van der Waals surface area contributed by atoms with Crippen LogP contribution in [0.1, 0.15) is 12.5 Å². The zero-order valence-corrected chi connectivity index (χ0v) is 13.7. The van der Waals surface area contributed by atoms with E-state index in [1.165, 1.54) is 0 Å². The fraction of sp³-hybridized carbons (Fsp3) is 0.231. The zero-order chi connectivity index (χ0) is 14.7. The fourth-order valence-corrected chi connectivity index (χ4v) is 2.38. The molecule has 0 saturated heterocycles. The van der Waals surface area contributed by atoms with E-state index in [2.05, 4.69) is 25.9 Å². The van der Waals surface area contributed by atoms with E-state index in [1.807, 2.05) is 6.92 Å². The number of ether oxygens (including phenoxy) is 1. The molecule has 2 N–H and O–H groups in total. The van der Waals surface area contributed by atoms with E-state index in [-0.39, 0.29) is 12.1 Å². The van der Waals surface area contributed by atoms with Crippen LogP contribution in [0.3, 0.4) is 0 Å². The summed E-state index contributed by atoms with van der Waals surface area (Å²) in [5, 5.41) is 0.919. The van der Waals surface area contributed by atoms with Crippen molar-refractivity contribution in [2.75, 3.05) is 0 Å². The molecule has 1 atom stereocenters. The van der Waals surface area contributed by atoms with Gasteiger partial charge in [0.25, 0.3) is 0 Å². The van der Waals surface area contributed by atoms with Gasteiger partial charge >= 0.3 is 6.01 Å². The van der Waals surface area contributed by atoms with Gasteiger partial charge in [-0.2, -0.15) is 0 Å². The van der Waals surface area contributed by atoms with Crippen LogP contribution in [-0.2, 0) is 6.42 Å². The molecule has 7 heteroatoms. The van der Waals surface area contributed by atoms with E-state index < -0.39 is 0 Å². The minimum Gasteiger partial charge on any atom is -0.423 e. The van der Waals surface area contributed by atoms with Crippen molar-refractivity contribution in [1.29, 1.82) is 0 Å². The Balaban J connectivity index is 2.16. The predicted octanol–water partition coefficient (Wildman–Crippen LogP) is 4.23. The third-order valence-electron chi connectivity index (χ3n) is 2.42. The second-order valence-electron chi connectivity index (χ2n) is 4.35. The van der Waals surface area contributed by atoms with Crippen LogP contribution < -0.4 is 10.5 Å². The van der Waals surface area contributed by atoms with Crippen LogP contribution in [0, 0.1) is 0 Å². The van der Waals surface area contributed by atoms with Crippen LogP contribution in [0.5, 0.6) is 11.8 Å². The molecule has 0 fully saturated rings. The third-order valence-corrected chi connectivity index (χ3v) is 3.91. The molecule has 0 aliphatic carbocycles. The second kappa shape index (κ2) is 6.72. The molecular formula is C13H12BrCl2N3O. The van der Waals surface area contributed by atoms with Crippen molar-refractivity contribution in [3.8, 4) is 11.8 Å². The monoisotopic (exact) mass is 375 g/mol. The first kappa shape index (κ1) is 15.5. The second-order valence-corrected chi connectivity index (χ2v) is 6.02. The summed E-state index contributed by atoms with van der Waals surface area (Å²) in [6.45, 7) is 1.92. The molecule has 0 aliphatic heterocycles. The van der Waals surface area contributed by atoms with Gasteiger partial charge in [0.15, 0.2) is 5.75 Å². The number of benzene rings is 1. The molecule has 2 aromatic rings. The summed E-state index contributed by atoms with van der Waals surface area (Å²) in [4.78, 5) is 8.24. The first-order valence-electron chi connectivity index (χ1n) is 5.84. The van der Waals surface area contributed by atoms with Gasteiger partial charge in [0.2, 0.25) is 0 Å². The van der Waals surface area contributed by atoms with Gasteiger partial charge in [-0.1, -0.05) is 23.2 Å². The normalized spacial score (nSPS) is 12.2. The highest BCUT2D eigenvalue weighted by molar-refractivity contribution is 9.10. The van der Waals surface area contributed by atoms with Crippen molar-refractivity contribution in [1.82, 2.24) is 9.97 Å². The summed E-state index contributed by atoms with van der Waals surface area (Å²) in [7, 11) is 0. The van der Waals surface area contributed by atoms with Crippen molar-refractivity contribution in [2.45, 2.75) is 19.4 Å². The summed E-state index contributed by atoms with van der Waals surface area (Å²) in [6, 6.07) is 3.53. The quantitative estimate of drug-likeness (QED) is 0.811. The van der Waals surface area contributed by atoms with Gasteiger partial charge < -0.3 is 10.5 Å². The molecule has 0 amide bonds. The standard InChI is InChI=1S/C13H12BrCl2N3O/c1-7(17)2-8-5-18-13(19-6-8)20-12-4-10(15)9(14)3-11(12)16/h3-7H,2,17H2,1H3. The topological polar surface area (TPSA) is 61.0 Å². The SMILES string of the molecule is CC(N)Cc1cnc(Oc2cc(Cl)c(Br)cc2Cl)nc1. The molecule has 1 heterocycles. The Morgan fingerprint density at radius 1 is 1.25 bits per heavy atom. The summed E-state index contributed by atoms with van der Waals surface area (Å²) in [6.07, 6.45) is 4.07. The average molecular weight is 377 g/mol. The highest BCUT2D eigenvalue weighted by Gasteiger charge is 2.09. The lowest BCUT2D eigenvalue weighted by Crippen LogP contribution is -2.17. The van der Waals surface area contributed by atoms with Crippen molar-refractivity contribution in [2.24, 2.45) is 5.73 Å². The van der Waals surface area contributed by atoms with Crippen molar-refractivity contribution < 1.29 is 4.74 Å². The molecule has 0 bridgehead atoms. The number of nitrogens with two attached hydrogens (primary N) is 1. The summed E-state index contributed by atoms with van der Waals surface area (Å²) in [5.74, 6) is 0.403. The maximum atomic E-state index is 6.07. The van der Waals surface area contributed by atoms with Gasteiger partial charge in [0.05, 0.1) is 10.0 Å². The summed E-state index contributed by atoms with van der Waals surface area (Å²) >= 11 is 15.3. The Morgan fingerprint density at radius 3 is 2.50 bits per heavy atom. The lowest BCUT2D eigenvalue weighted by Gasteiger charge is -2.08. The molecule has 0 aliphatic rings. The fourth-order valence-electron chi connectivity index (χ4n) is 1.55. The smallest absolute Gasteiger partial charge is 0.321 e. The molecular weight excluding hydrogens is 365 g/mol. The maximum absolute atomic E-state index is 6.07. The van der Waals surface area contributed by atoms with Crippen LogP contribution in [0.15, 0.2) is 29.0 Å². The van der Waals surface area contributed by atoms with Gasteiger partial charge in [0, 0.05) is 29.0 Å². The average Bonchev–Trinajstić information content (AvgIpc) is 2.37. The summed E-state index contributed by atoms with van der Waals surface area (Å²) < 4.78 is 6.21. The number of halogens is 3. The van der Waals surface area contributed by atoms with Crippen molar-refractivity contribution in [3.05, 3.63) is 44.6 Å². The number of nitrogens with zero attached hydrogens (tertiary/aromatic N) is 2. The van der Waals surface area contributed by atoms with Gasteiger partial charge in [-0.3, -0.25) is 0 Å². The number of rotatable bonds is 4. The van der Waals surface area contributed by atoms with Crippen molar-refractivity contribution >= 4 is 39.1 Å². The van der Waals surface area contributed by atoms with E-state index in [9.17, 15) is 0 Å². The minimum absolute atomic E-state index is 0.0603. The molecule has 0 radical (unpaired) electrons. The van der Waals surface area contributed by atoms with Gasteiger partial charge in [-0.15, -0.1) is 0 Å². The third kappa shape index (κ3) is 4.06. The molecule has 4 nitrogen and oxygen atoms in total. The highest BCUT2D eigenvalue weighted by Crippen LogP contribution is 2.35. The van der Waals surface area contributed by atoms with E-state index in [0.29, 0.717) is 26.7 Å². The number of hydrogen-bond donors (Lipinski definition) is 1. The Morgan fingerprint density at radius 2 is 1.90 bits per heavy atom. The van der Waals surface area contributed by atoms with Crippen LogP contribution in [0.4, 0.5) is 0 Å². The predicted molar refractivity (Wildman–Crippen MR) is 83.6 cm³/mol. The van der Waals surface area contributed by atoms with Gasteiger partial charge in [-0.25, -0.2) is 9.97 Å². The number of aromatic nitrogens is 2. The van der Waals surface area contributed by atoms with Crippen LogP contribution >= 0.6 is 39.1 Å². The first-order valence-corrected chi connectivity index (χ1v) is 7.39. The Bertz CT molecular complexity index is 605. The summed E-state index contributed by atoms with van der Waals surface area (Å²) in [5.41, 5.74) is 6.66. The Kier molecular flexibility index (Phi) is 5.21. The minimum atomic E-state index is 0.0603. The van der Waals surface area contributed by atoms with E-state index >= 15 is 0 Å². The van der Waals surface area contributed by atoms with E-state index in [1.54, 1.807) is 24.5 Å². The van der Waals surface area contributed by atoms with E-state index in [4.69, 9.17) is 33.7 Å². The molecule has 1 aromatic carbocycles. The van der Waals surface area contributed by atoms with Crippen LogP contribution in [0.2, 0.25) is 10.0 Å². The molecule has 0 saturated carbocycles. The van der Waals surface area contributed by atoms with Crippen LogP contribution in [0.25, 0.3) is 0 Å². The zero-order valence-electron chi connectivity index (χ0n) is 10.6. The molecule has 1 aromatic heterocycles. The van der Waals surface area contributed by atoms with Gasteiger partial charge in [-0.05, 0) is 40.9 Å². The lowest BCUT2D eigenvalue weighted by molar-refractivity contribution is 0.441. The highest BCUT2D eigenvalue weighted by atomic mass is 79.9. The maximum Gasteiger partial charge on any atom is 0.321 e. The molecule has 2 rings (SSSR count). The van der Waals surface area contributed by atoms with Crippen LogP contribution in [-0.4, -0.2) is 16.0 Å². The molecule has 20 heavy (non-hydrogen) atoms. The Labute approximate surface area is 135 Å². The van der Waals surface area contributed by atoms with E-state index in [0.717, 1.165) is 5.56 Å². The van der Waals surface area contributed by atoms with Crippen molar-refractivity contribution in [3.63, 3.8) is 0 Å². The van der Waals surface area contributed by atoms with Gasteiger partial charge in [0.1, 0.15) is 0 Å². The Hall–Kier alpha value is -0.880. The number of hydrogen-bond acceptors (Lipinski definition) is 4. The first-order chi connectivity index (χ1) is 9.45. The lowest BCUT2D eigenvalue weighted by atomic mass is 10.1. The molecule has 1 unspecified atom stereocenters. The molecule has 106 valence electrons. The molecule has 0 spiro atoms.